The number of halogens is 1. The maximum Gasteiger partial charge on any atom is 0.235 e. The van der Waals surface area contributed by atoms with Gasteiger partial charge in [0, 0.05) is 19.9 Å². The van der Waals surface area contributed by atoms with Crippen molar-refractivity contribution < 1.29 is 27.4 Å². The third kappa shape index (κ3) is 5.31. The highest BCUT2D eigenvalue weighted by Gasteiger charge is 2.28. The Morgan fingerprint density at radius 2 is 1.78 bits per heavy atom. The minimum atomic E-state index is -3.25. The number of nitrogens with zero attached hydrogens (tertiary/aromatic N) is 2. The Morgan fingerprint density at radius 1 is 1.16 bits per heavy atom. The lowest BCUT2D eigenvalue weighted by Gasteiger charge is -2.19. The van der Waals surface area contributed by atoms with E-state index in [0.717, 1.165) is 5.56 Å². The number of methoxy groups -OCH3 is 3. The highest BCUT2D eigenvalue weighted by molar-refractivity contribution is 9.10. The second kappa shape index (κ2) is 10.5. The summed E-state index contributed by atoms with van der Waals surface area (Å²) in [6, 6.07) is 10.4. The fourth-order valence-electron chi connectivity index (χ4n) is 3.49. The van der Waals surface area contributed by atoms with Crippen molar-refractivity contribution in [1.82, 2.24) is 0 Å². The maximum atomic E-state index is 12.7. The lowest BCUT2D eigenvalue weighted by atomic mass is 10.0. The molecular formula is C22H25BrN2O6S. The Balaban J connectivity index is 1.70. The van der Waals surface area contributed by atoms with E-state index < -0.39 is 16.1 Å². The zero-order valence-corrected chi connectivity index (χ0v) is 20.5. The van der Waals surface area contributed by atoms with Crippen LogP contribution in [0, 0.1) is 0 Å². The normalized spacial score (nSPS) is 16.3. The Labute approximate surface area is 196 Å². The SMILES string of the molecule is COc1cc(C=NCC(=O)C(OC)c2ccc(N3CCCS3(=O)=O)cc2)cc(OC)c1Br. The molecule has 3 rings (SSSR count). The van der Waals surface area contributed by atoms with Crippen LogP contribution in [0.15, 0.2) is 45.9 Å². The van der Waals surface area contributed by atoms with E-state index in [1.165, 1.54) is 11.4 Å². The van der Waals surface area contributed by atoms with Gasteiger partial charge in [0.25, 0.3) is 0 Å². The van der Waals surface area contributed by atoms with Crippen LogP contribution in [0.25, 0.3) is 0 Å². The number of Topliss-reactive ketones (excluding diaryl/α,β-unsaturated/α-hetero) is 1. The number of hydrogen-bond acceptors (Lipinski definition) is 7. The van der Waals surface area contributed by atoms with E-state index >= 15 is 0 Å². The number of carbonyl (C=O) groups excluding carboxylic acids is 1. The maximum absolute atomic E-state index is 12.7. The third-order valence-electron chi connectivity index (χ3n) is 5.07. The van der Waals surface area contributed by atoms with Crippen LogP contribution in [0.5, 0.6) is 11.5 Å². The number of rotatable bonds is 9. The standard InChI is InChI=1S/C22H25BrN2O6S/c1-29-19-11-15(12-20(30-2)21(19)23)13-24-14-18(26)22(31-3)16-5-7-17(8-6-16)25-9-4-10-32(25,27)28/h5-8,11-13,22H,4,9-10,14H2,1-3H3. The van der Waals surface area contributed by atoms with Gasteiger partial charge in [-0.05, 0) is 57.7 Å². The van der Waals surface area contributed by atoms with Gasteiger partial charge >= 0.3 is 0 Å². The molecule has 8 nitrogen and oxygen atoms in total. The predicted molar refractivity (Wildman–Crippen MR) is 127 cm³/mol. The number of benzene rings is 2. The van der Waals surface area contributed by atoms with Crippen molar-refractivity contribution in [3.05, 3.63) is 52.0 Å². The summed E-state index contributed by atoms with van der Waals surface area (Å²) < 4.78 is 42.3. The average Bonchev–Trinajstić information content (AvgIpc) is 3.14. The number of ether oxygens (including phenoxy) is 3. The van der Waals surface area contributed by atoms with E-state index in [1.54, 1.807) is 56.8 Å². The second-order valence-electron chi connectivity index (χ2n) is 7.12. The van der Waals surface area contributed by atoms with Crippen LogP contribution in [-0.4, -0.2) is 60.6 Å². The first-order chi connectivity index (χ1) is 15.3. The molecule has 0 aliphatic carbocycles. The minimum absolute atomic E-state index is 0.0819. The number of ketones is 1. The van der Waals surface area contributed by atoms with Crippen molar-refractivity contribution in [2.75, 3.05) is 44.5 Å². The molecule has 1 aliphatic heterocycles. The molecule has 0 saturated carbocycles. The molecule has 0 aromatic heterocycles. The Hall–Kier alpha value is -2.43. The topological polar surface area (TPSA) is 94.5 Å². The summed E-state index contributed by atoms with van der Waals surface area (Å²) in [6.07, 6.45) is 1.38. The molecule has 0 radical (unpaired) electrons. The fraction of sp³-hybridized carbons (Fsp3) is 0.364. The molecule has 32 heavy (non-hydrogen) atoms. The summed E-state index contributed by atoms with van der Waals surface area (Å²) in [6.45, 7) is 0.385. The van der Waals surface area contributed by atoms with Gasteiger partial charge in [0.05, 0.1) is 25.7 Å². The highest BCUT2D eigenvalue weighted by Crippen LogP contribution is 2.35. The first-order valence-corrected chi connectivity index (χ1v) is 12.3. The van der Waals surface area contributed by atoms with Crippen LogP contribution in [0.2, 0.25) is 0 Å². The van der Waals surface area contributed by atoms with E-state index in [9.17, 15) is 13.2 Å². The smallest absolute Gasteiger partial charge is 0.235 e. The first kappa shape index (κ1) is 24.2. The zero-order chi connectivity index (χ0) is 23.3. The molecule has 1 heterocycles. The van der Waals surface area contributed by atoms with E-state index in [0.29, 0.717) is 40.2 Å². The molecule has 0 N–H and O–H groups in total. The van der Waals surface area contributed by atoms with Crippen LogP contribution in [0.1, 0.15) is 23.7 Å². The first-order valence-electron chi connectivity index (χ1n) is 9.88. The van der Waals surface area contributed by atoms with Crippen LogP contribution in [-0.2, 0) is 19.6 Å². The summed E-state index contributed by atoms with van der Waals surface area (Å²) in [5.74, 6) is 1.11. The lowest BCUT2D eigenvalue weighted by molar-refractivity contribution is -0.127. The molecule has 1 aliphatic rings. The number of hydrogen-bond donors (Lipinski definition) is 0. The van der Waals surface area contributed by atoms with Crippen molar-refractivity contribution in [1.29, 1.82) is 0 Å². The molecule has 10 heteroatoms. The van der Waals surface area contributed by atoms with E-state index in [2.05, 4.69) is 20.9 Å². The Morgan fingerprint density at radius 3 is 2.28 bits per heavy atom. The van der Waals surface area contributed by atoms with Gasteiger partial charge in [-0.1, -0.05) is 12.1 Å². The monoisotopic (exact) mass is 524 g/mol. The van der Waals surface area contributed by atoms with Crippen LogP contribution in [0.3, 0.4) is 0 Å². The molecule has 1 atom stereocenters. The summed E-state index contributed by atoms with van der Waals surface area (Å²) in [4.78, 5) is 17.0. The molecule has 0 bridgehead atoms. The number of anilines is 1. The molecule has 0 spiro atoms. The summed E-state index contributed by atoms with van der Waals surface area (Å²) in [7, 11) is 1.31. The summed E-state index contributed by atoms with van der Waals surface area (Å²) in [5, 5.41) is 0. The summed E-state index contributed by atoms with van der Waals surface area (Å²) in [5.41, 5.74) is 1.95. The molecule has 2 aromatic carbocycles. The van der Waals surface area contributed by atoms with Crippen LogP contribution in [0.4, 0.5) is 5.69 Å². The van der Waals surface area contributed by atoms with Gasteiger partial charge in [-0.2, -0.15) is 0 Å². The minimum Gasteiger partial charge on any atom is -0.495 e. The van der Waals surface area contributed by atoms with Gasteiger partial charge in [0.1, 0.15) is 28.6 Å². The van der Waals surface area contributed by atoms with Gasteiger partial charge in [-0.15, -0.1) is 0 Å². The van der Waals surface area contributed by atoms with Gasteiger partial charge in [0.15, 0.2) is 5.78 Å². The quantitative estimate of drug-likeness (QED) is 0.466. The number of aliphatic imine (C=N–C) groups is 1. The number of sulfonamides is 1. The zero-order valence-electron chi connectivity index (χ0n) is 18.1. The molecule has 0 amide bonds. The fourth-order valence-corrected chi connectivity index (χ4v) is 5.60. The molecule has 1 fully saturated rings. The van der Waals surface area contributed by atoms with E-state index in [1.807, 2.05) is 0 Å². The summed E-state index contributed by atoms with van der Waals surface area (Å²) >= 11 is 3.41. The Bertz CT molecular complexity index is 1080. The Kier molecular flexibility index (Phi) is 7.91. The van der Waals surface area contributed by atoms with Crippen molar-refractivity contribution in [3.8, 4) is 11.5 Å². The number of carbonyl (C=O) groups is 1. The molecule has 1 saturated heterocycles. The molecular weight excluding hydrogens is 500 g/mol. The van der Waals surface area contributed by atoms with Gasteiger partial charge < -0.3 is 14.2 Å². The lowest BCUT2D eigenvalue weighted by Crippen LogP contribution is -2.25. The van der Waals surface area contributed by atoms with Crippen molar-refractivity contribution in [3.63, 3.8) is 0 Å². The van der Waals surface area contributed by atoms with E-state index in [-0.39, 0.29) is 18.1 Å². The third-order valence-corrected chi connectivity index (χ3v) is 7.72. The van der Waals surface area contributed by atoms with Crippen molar-refractivity contribution >= 4 is 43.6 Å². The van der Waals surface area contributed by atoms with Crippen LogP contribution < -0.4 is 13.8 Å². The van der Waals surface area contributed by atoms with Gasteiger partial charge in [-0.3, -0.25) is 14.1 Å². The molecule has 1 unspecified atom stereocenters. The highest BCUT2D eigenvalue weighted by atomic mass is 79.9. The second-order valence-corrected chi connectivity index (χ2v) is 9.93. The van der Waals surface area contributed by atoms with Gasteiger partial charge in [-0.25, -0.2) is 8.42 Å². The van der Waals surface area contributed by atoms with Crippen LogP contribution >= 0.6 is 15.9 Å². The van der Waals surface area contributed by atoms with Gasteiger partial charge in [0.2, 0.25) is 10.0 Å². The molecule has 172 valence electrons. The van der Waals surface area contributed by atoms with Crippen molar-refractivity contribution in [2.24, 2.45) is 4.99 Å². The van der Waals surface area contributed by atoms with Crippen molar-refractivity contribution in [2.45, 2.75) is 12.5 Å². The predicted octanol–water partition coefficient (Wildman–Crippen LogP) is 3.38. The van der Waals surface area contributed by atoms with E-state index in [4.69, 9.17) is 14.2 Å². The largest absolute Gasteiger partial charge is 0.495 e. The molecule has 2 aromatic rings. The average molecular weight is 525 g/mol.